The largest absolute Gasteiger partial charge is 0.462 e. The molecule has 480 valence electrons. The number of unbranched alkanes of at least 4 members (excludes halogenated alkanes) is 49. The van der Waals surface area contributed by atoms with Gasteiger partial charge in [0.25, 0.3) is 0 Å². The van der Waals surface area contributed by atoms with Crippen LogP contribution in [-0.4, -0.2) is 37.2 Å². The van der Waals surface area contributed by atoms with Gasteiger partial charge in [-0.05, 0) is 44.9 Å². The molecule has 0 aliphatic rings. The van der Waals surface area contributed by atoms with Crippen LogP contribution < -0.4 is 0 Å². The smallest absolute Gasteiger partial charge is 0.306 e. The van der Waals surface area contributed by atoms with Crippen LogP contribution in [0.3, 0.4) is 0 Å². The van der Waals surface area contributed by atoms with E-state index in [1.54, 1.807) is 0 Å². The quantitative estimate of drug-likeness (QED) is 0.0261. The zero-order valence-electron chi connectivity index (χ0n) is 55.3. The van der Waals surface area contributed by atoms with Crippen molar-refractivity contribution >= 4 is 17.9 Å². The van der Waals surface area contributed by atoms with E-state index < -0.39 is 6.10 Å². The van der Waals surface area contributed by atoms with Crippen LogP contribution in [0.5, 0.6) is 0 Å². The number of allylic oxidation sites excluding steroid dienone is 8. The summed E-state index contributed by atoms with van der Waals surface area (Å²) in [7, 11) is 0. The lowest BCUT2D eigenvalue weighted by atomic mass is 10.0. The minimum Gasteiger partial charge on any atom is -0.462 e. The highest BCUT2D eigenvalue weighted by Gasteiger charge is 2.19. The molecule has 0 saturated heterocycles. The van der Waals surface area contributed by atoms with Gasteiger partial charge >= 0.3 is 17.9 Å². The van der Waals surface area contributed by atoms with Crippen molar-refractivity contribution < 1.29 is 28.6 Å². The highest BCUT2D eigenvalue weighted by atomic mass is 16.6. The fourth-order valence-corrected chi connectivity index (χ4v) is 11.2. The van der Waals surface area contributed by atoms with E-state index in [9.17, 15) is 14.4 Å². The average molecular weight is 1150 g/mol. The second-order valence-electron chi connectivity index (χ2n) is 24.8. The van der Waals surface area contributed by atoms with Crippen molar-refractivity contribution in [2.24, 2.45) is 0 Å². The van der Waals surface area contributed by atoms with Crippen LogP contribution in [0, 0.1) is 0 Å². The Kier molecular flexibility index (Phi) is 68.6. The molecule has 0 bridgehead atoms. The molecular formula is C76H140O6. The van der Waals surface area contributed by atoms with E-state index in [4.69, 9.17) is 14.2 Å². The molecule has 0 N–H and O–H groups in total. The third-order valence-corrected chi connectivity index (χ3v) is 16.6. The molecule has 0 aromatic rings. The lowest BCUT2D eigenvalue weighted by molar-refractivity contribution is -0.166. The van der Waals surface area contributed by atoms with Gasteiger partial charge in [0.05, 0.1) is 0 Å². The Morgan fingerprint density at radius 2 is 0.476 bits per heavy atom. The Balaban J connectivity index is 4.21. The molecule has 82 heavy (non-hydrogen) atoms. The van der Waals surface area contributed by atoms with E-state index in [0.29, 0.717) is 19.3 Å². The van der Waals surface area contributed by atoms with Crippen molar-refractivity contribution in [3.8, 4) is 0 Å². The van der Waals surface area contributed by atoms with Crippen molar-refractivity contribution in [3.63, 3.8) is 0 Å². The zero-order chi connectivity index (χ0) is 59.2. The minimum atomic E-state index is -0.800. The van der Waals surface area contributed by atoms with Crippen LogP contribution in [0.25, 0.3) is 0 Å². The fourth-order valence-electron chi connectivity index (χ4n) is 11.2. The molecule has 0 aromatic carbocycles. The second kappa shape index (κ2) is 70.9. The minimum absolute atomic E-state index is 0.0896. The molecule has 0 spiro atoms. The van der Waals surface area contributed by atoms with Crippen LogP contribution in [0.15, 0.2) is 48.6 Å². The molecule has 0 heterocycles. The molecule has 0 rings (SSSR count). The van der Waals surface area contributed by atoms with E-state index in [1.807, 2.05) is 6.08 Å². The highest BCUT2D eigenvalue weighted by Crippen LogP contribution is 2.19. The third-order valence-electron chi connectivity index (χ3n) is 16.6. The van der Waals surface area contributed by atoms with Gasteiger partial charge in [0.15, 0.2) is 6.10 Å². The topological polar surface area (TPSA) is 78.9 Å². The Hall–Kier alpha value is -2.63. The SMILES string of the molecule is CC/C=C\C/C=C\C/C=C\C/C=C\CCC(=O)OCC(COC(=O)CCCCCCCCCCCCCCCCCCCCCCCCCCCCC)OC(=O)CCCCCCCCCCCCCCCCCCCCCCCCCC. The number of hydrogen-bond donors (Lipinski definition) is 0. The van der Waals surface area contributed by atoms with Crippen molar-refractivity contribution in [1.29, 1.82) is 0 Å². The number of carbonyl (C=O) groups excluding carboxylic acids is 3. The Labute approximate surface area is 511 Å². The summed E-state index contributed by atoms with van der Waals surface area (Å²) in [6.45, 7) is 6.54. The lowest BCUT2D eigenvalue weighted by Crippen LogP contribution is -2.30. The first-order chi connectivity index (χ1) is 40.5. The Morgan fingerprint density at radius 1 is 0.256 bits per heavy atom. The second-order valence-corrected chi connectivity index (χ2v) is 24.8. The first kappa shape index (κ1) is 79.4. The maximum Gasteiger partial charge on any atom is 0.306 e. The van der Waals surface area contributed by atoms with E-state index >= 15 is 0 Å². The Morgan fingerprint density at radius 3 is 0.744 bits per heavy atom. The van der Waals surface area contributed by atoms with Gasteiger partial charge in [0.2, 0.25) is 0 Å². The molecule has 1 atom stereocenters. The van der Waals surface area contributed by atoms with Crippen LogP contribution in [-0.2, 0) is 28.6 Å². The van der Waals surface area contributed by atoms with Crippen LogP contribution in [0.2, 0.25) is 0 Å². The summed E-state index contributed by atoms with van der Waals surface area (Å²) in [6, 6.07) is 0. The zero-order valence-corrected chi connectivity index (χ0v) is 55.3. The summed E-state index contributed by atoms with van der Waals surface area (Å²) in [4.78, 5) is 38.4. The summed E-state index contributed by atoms with van der Waals surface area (Å²) in [5, 5.41) is 0. The van der Waals surface area contributed by atoms with Crippen LogP contribution in [0.4, 0.5) is 0 Å². The molecule has 0 saturated carbocycles. The van der Waals surface area contributed by atoms with Crippen molar-refractivity contribution in [3.05, 3.63) is 48.6 Å². The van der Waals surface area contributed by atoms with Gasteiger partial charge in [-0.2, -0.15) is 0 Å². The van der Waals surface area contributed by atoms with E-state index in [1.165, 1.54) is 289 Å². The third kappa shape index (κ3) is 68.2. The van der Waals surface area contributed by atoms with Gasteiger partial charge in [-0.15, -0.1) is 0 Å². The first-order valence-electron chi connectivity index (χ1n) is 36.6. The van der Waals surface area contributed by atoms with E-state index in [0.717, 1.165) is 64.2 Å². The van der Waals surface area contributed by atoms with Gasteiger partial charge in [0, 0.05) is 19.3 Å². The van der Waals surface area contributed by atoms with Crippen molar-refractivity contribution in [1.82, 2.24) is 0 Å². The van der Waals surface area contributed by atoms with Crippen molar-refractivity contribution in [2.75, 3.05) is 13.2 Å². The van der Waals surface area contributed by atoms with Gasteiger partial charge in [-0.25, -0.2) is 0 Å². The molecule has 0 aromatic heterocycles. The predicted octanol–water partition coefficient (Wildman–Crippen LogP) is 25.3. The van der Waals surface area contributed by atoms with E-state index in [-0.39, 0.29) is 37.5 Å². The maximum atomic E-state index is 13.0. The number of hydrogen-bond acceptors (Lipinski definition) is 6. The summed E-state index contributed by atoms with van der Waals surface area (Å²) < 4.78 is 16.9. The summed E-state index contributed by atoms with van der Waals surface area (Å²) >= 11 is 0. The van der Waals surface area contributed by atoms with Crippen LogP contribution >= 0.6 is 0 Å². The highest BCUT2D eigenvalue weighted by molar-refractivity contribution is 5.71. The number of ether oxygens (including phenoxy) is 3. The average Bonchev–Trinajstić information content (AvgIpc) is 3.47. The molecule has 6 heteroatoms. The fraction of sp³-hybridized carbons (Fsp3) is 0.855. The van der Waals surface area contributed by atoms with Crippen molar-refractivity contribution in [2.45, 2.75) is 406 Å². The number of esters is 3. The normalized spacial score (nSPS) is 12.3. The van der Waals surface area contributed by atoms with Gasteiger partial charge in [-0.3, -0.25) is 14.4 Å². The molecule has 0 aliphatic carbocycles. The number of carbonyl (C=O) groups is 3. The molecular weight excluding hydrogens is 1010 g/mol. The summed E-state index contributed by atoms with van der Waals surface area (Å²) in [6.07, 6.45) is 90.4. The van der Waals surface area contributed by atoms with E-state index in [2.05, 4.69) is 63.3 Å². The standard InChI is InChI=1S/C76H140O6/c1-4-7-10-13-16-19-22-25-27-29-31-33-35-37-38-39-41-42-44-46-48-51-54-57-60-63-66-69-75(78)81-72-73(71-80-74(77)68-65-62-59-56-53-50-24-21-18-15-12-9-6-3)82-76(79)70-67-64-61-58-55-52-49-47-45-43-40-36-34-32-30-28-26-23-20-17-14-11-8-5-2/h9,12,18,21,50,53,59,62,73H,4-8,10-11,13-17,19-20,22-49,51-52,54-58,60-61,63-72H2,1-3H3/b12-9-,21-18-,53-50-,62-59-. The predicted molar refractivity (Wildman–Crippen MR) is 358 cm³/mol. The molecule has 0 amide bonds. The summed E-state index contributed by atoms with van der Waals surface area (Å²) in [5.74, 6) is -0.946. The van der Waals surface area contributed by atoms with Gasteiger partial charge < -0.3 is 14.2 Å². The molecule has 1 unspecified atom stereocenters. The Bertz CT molecular complexity index is 1410. The molecule has 0 radical (unpaired) electrons. The van der Waals surface area contributed by atoms with Gasteiger partial charge in [0.1, 0.15) is 13.2 Å². The monoisotopic (exact) mass is 1150 g/mol. The first-order valence-corrected chi connectivity index (χ1v) is 36.6. The maximum absolute atomic E-state index is 13.0. The van der Waals surface area contributed by atoms with Gasteiger partial charge in [-0.1, -0.05) is 384 Å². The number of rotatable bonds is 68. The summed E-state index contributed by atoms with van der Waals surface area (Å²) in [5.41, 5.74) is 0. The molecule has 0 fully saturated rings. The van der Waals surface area contributed by atoms with Crippen LogP contribution in [0.1, 0.15) is 400 Å². The molecule has 0 aliphatic heterocycles. The molecule has 6 nitrogen and oxygen atoms in total. The lowest BCUT2D eigenvalue weighted by Gasteiger charge is -2.18.